The second-order valence-electron chi connectivity index (χ2n) is 6.30. The lowest BCUT2D eigenvalue weighted by atomic mass is 9.72. The van der Waals surface area contributed by atoms with Gasteiger partial charge in [0.2, 0.25) is 0 Å². The molecule has 2 nitrogen and oxygen atoms in total. The van der Waals surface area contributed by atoms with Gasteiger partial charge < -0.3 is 10.5 Å². The normalized spacial score (nSPS) is 19.0. The maximum Gasteiger partial charge on any atom is 0.123 e. The predicted molar refractivity (Wildman–Crippen MR) is 80.6 cm³/mol. The van der Waals surface area contributed by atoms with E-state index in [1.165, 1.54) is 31.7 Å². The molecule has 20 heavy (non-hydrogen) atoms. The van der Waals surface area contributed by atoms with Crippen molar-refractivity contribution < 1.29 is 9.13 Å². The molecule has 0 radical (unpaired) electrons. The number of benzene rings is 1. The highest BCUT2D eigenvalue weighted by Gasteiger charge is 2.33. The summed E-state index contributed by atoms with van der Waals surface area (Å²) in [6, 6.07) is 4.82. The number of methoxy groups -OCH3 is 1. The molecule has 112 valence electrons. The molecule has 0 saturated heterocycles. The van der Waals surface area contributed by atoms with Crippen molar-refractivity contribution in [1.82, 2.24) is 0 Å². The van der Waals surface area contributed by atoms with Crippen LogP contribution in [0.25, 0.3) is 0 Å². The molecule has 2 N–H and O–H groups in total. The van der Waals surface area contributed by atoms with Crippen LogP contribution in [0.4, 0.5) is 4.39 Å². The number of rotatable bonds is 6. The summed E-state index contributed by atoms with van der Waals surface area (Å²) in [6.07, 6.45) is 7.16. The molecule has 3 heteroatoms. The van der Waals surface area contributed by atoms with Crippen LogP contribution < -0.4 is 10.5 Å². The average Bonchev–Trinajstić information content (AvgIpc) is 2.91. The van der Waals surface area contributed by atoms with Crippen molar-refractivity contribution in [2.24, 2.45) is 11.7 Å². The van der Waals surface area contributed by atoms with Gasteiger partial charge in [-0.15, -0.1) is 0 Å². The van der Waals surface area contributed by atoms with Gasteiger partial charge in [-0.2, -0.15) is 0 Å². The second kappa shape index (κ2) is 6.57. The van der Waals surface area contributed by atoms with E-state index in [0.29, 0.717) is 6.54 Å². The first-order valence-corrected chi connectivity index (χ1v) is 7.63. The van der Waals surface area contributed by atoms with E-state index in [4.69, 9.17) is 10.5 Å². The van der Waals surface area contributed by atoms with E-state index in [1.54, 1.807) is 19.2 Å². The molecule has 0 bridgehead atoms. The van der Waals surface area contributed by atoms with Crippen LogP contribution in [-0.2, 0) is 5.41 Å². The summed E-state index contributed by atoms with van der Waals surface area (Å²) >= 11 is 0. The zero-order chi connectivity index (χ0) is 14.6. The number of nitrogens with two attached hydrogens (primary N) is 1. The summed E-state index contributed by atoms with van der Waals surface area (Å²) in [7, 11) is 1.65. The Morgan fingerprint density at radius 1 is 1.35 bits per heavy atom. The van der Waals surface area contributed by atoms with Crippen molar-refractivity contribution in [3.05, 3.63) is 29.6 Å². The Balaban J connectivity index is 2.32. The molecule has 1 fully saturated rings. The Hall–Kier alpha value is -1.09. The topological polar surface area (TPSA) is 35.2 Å². The first-order chi connectivity index (χ1) is 9.59. The molecule has 1 aromatic rings. The molecule has 1 saturated carbocycles. The van der Waals surface area contributed by atoms with Gasteiger partial charge in [0.25, 0.3) is 0 Å². The fraction of sp³-hybridized carbons (Fsp3) is 0.647. The third-order valence-electron chi connectivity index (χ3n) is 4.72. The Bertz CT molecular complexity index is 443. The van der Waals surface area contributed by atoms with E-state index in [0.717, 1.165) is 30.1 Å². The Morgan fingerprint density at radius 2 is 2.05 bits per heavy atom. The van der Waals surface area contributed by atoms with Gasteiger partial charge in [-0.25, -0.2) is 4.39 Å². The van der Waals surface area contributed by atoms with Gasteiger partial charge in [-0.05, 0) is 48.9 Å². The van der Waals surface area contributed by atoms with Crippen molar-refractivity contribution >= 4 is 0 Å². The van der Waals surface area contributed by atoms with E-state index < -0.39 is 0 Å². The molecule has 1 atom stereocenters. The summed E-state index contributed by atoms with van der Waals surface area (Å²) in [4.78, 5) is 0. The zero-order valence-corrected chi connectivity index (χ0v) is 12.6. The molecule has 0 spiro atoms. The summed E-state index contributed by atoms with van der Waals surface area (Å²) in [5.41, 5.74) is 6.69. The van der Waals surface area contributed by atoms with E-state index in [1.807, 2.05) is 0 Å². The molecule has 1 unspecified atom stereocenters. The third kappa shape index (κ3) is 3.32. The number of halogens is 1. The van der Waals surface area contributed by atoms with Gasteiger partial charge in [0, 0.05) is 5.56 Å². The van der Waals surface area contributed by atoms with Gasteiger partial charge >= 0.3 is 0 Å². The predicted octanol–water partition coefficient (Wildman–Crippen LogP) is 4.02. The first-order valence-electron chi connectivity index (χ1n) is 7.63. The largest absolute Gasteiger partial charge is 0.496 e. The highest BCUT2D eigenvalue weighted by Crippen LogP contribution is 2.43. The highest BCUT2D eigenvalue weighted by atomic mass is 19.1. The Kier molecular flexibility index (Phi) is 5.03. The maximum atomic E-state index is 13.7. The van der Waals surface area contributed by atoms with Gasteiger partial charge in [0.15, 0.2) is 0 Å². The van der Waals surface area contributed by atoms with E-state index >= 15 is 0 Å². The lowest BCUT2D eigenvalue weighted by Crippen LogP contribution is -2.29. The number of hydrogen-bond acceptors (Lipinski definition) is 2. The standard InChI is InChI=1S/C17H26FNO/c1-17(9-10-19,12-13-5-3-4-6-13)15-11-14(18)7-8-16(15)20-2/h7-8,11,13H,3-6,9-10,12,19H2,1-2H3. The average molecular weight is 279 g/mol. The maximum absolute atomic E-state index is 13.7. The van der Waals surface area contributed by atoms with Crippen molar-refractivity contribution in [1.29, 1.82) is 0 Å². The van der Waals surface area contributed by atoms with Gasteiger partial charge in [-0.1, -0.05) is 32.6 Å². The summed E-state index contributed by atoms with van der Waals surface area (Å²) in [6.45, 7) is 2.82. The first kappa shape index (κ1) is 15.3. The molecule has 0 aliphatic heterocycles. The minimum absolute atomic E-state index is 0.100. The van der Waals surface area contributed by atoms with Crippen LogP contribution in [0.2, 0.25) is 0 Å². The van der Waals surface area contributed by atoms with Crippen LogP contribution in [0.15, 0.2) is 18.2 Å². The fourth-order valence-electron chi connectivity index (χ4n) is 3.67. The molecule has 0 amide bonds. The van der Waals surface area contributed by atoms with Crippen LogP contribution in [0.5, 0.6) is 5.75 Å². The van der Waals surface area contributed by atoms with Crippen molar-refractivity contribution in [2.75, 3.05) is 13.7 Å². The molecule has 1 aliphatic rings. The minimum Gasteiger partial charge on any atom is -0.496 e. The lowest BCUT2D eigenvalue weighted by Gasteiger charge is -2.34. The minimum atomic E-state index is -0.199. The molecule has 1 aliphatic carbocycles. The van der Waals surface area contributed by atoms with Gasteiger partial charge in [0.05, 0.1) is 7.11 Å². The molecule has 1 aromatic carbocycles. The highest BCUT2D eigenvalue weighted by molar-refractivity contribution is 5.40. The quantitative estimate of drug-likeness (QED) is 0.853. The molecular weight excluding hydrogens is 253 g/mol. The van der Waals surface area contributed by atoms with Gasteiger partial charge in [0.1, 0.15) is 11.6 Å². The van der Waals surface area contributed by atoms with E-state index in [2.05, 4.69) is 6.92 Å². The monoisotopic (exact) mass is 279 g/mol. The van der Waals surface area contributed by atoms with Gasteiger partial charge in [-0.3, -0.25) is 0 Å². The molecule has 2 rings (SSSR count). The molecule has 0 aromatic heterocycles. The third-order valence-corrected chi connectivity index (χ3v) is 4.72. The second-order valence-corrected chi connectivity index (χ2v) is 6.30. The van der Waals surface area contributed by atoms with E-state index in [9.17, 15) is 4.39 Å². The Labute approximate surface area is 121 Å². The zero-order valence-electron chi connectivity index (χ0n) is 12.6. The van der Waals surface area contributed by atoms with Crippen LogP contribution in [0.1, 0.15) is 51.0 Å². The Morgan fingerprint density at radius 3 is 2.65 bits per heavy atom. The summed E-state index contributed by atoms with van der Waals surface area (Å²) < 4.78 is 19.1. The van der Waals surface area contributed by atoms with E-state index in [-0.39, 0.29) is 11.2 Å². The van der Waals surface area contributed by atoms with Crippen molar-refractivity contribution in [2.45, 2.75) is 50.9 Å². The number of ether oxygens (including phenoxy) is 1. The summed E-state index contributed by atoms with van der Waals surface area (Å²) in [5.74, 6) is 1.32. The van der Waals surface area contributed by atoms with Crippen molar-refractivity contribution in [3.8, 4) is 5.75 Å². The van der Waals surface area contributed by atoms with Crippen LogP contribution in [0.3, 0.4) is 0 Å². The fourth-order valence-corrected chi connectivity index (χ4v) is 3.67. The smallest absolute Gasteiger partial charge is 0.123 e. The van der Waals surface area contributed by atoms with Crippen LogP contribution in [-0.4, -0.2) is 13.7 Å². The van der Waals surface area contributed by atoms with Crippen LogP contribution >= 0.6 is 0 Å². The van der Waals surface area contributed by atoms with Crippen LogP contribution in [0, 0.1) is 11.7 Å². The van der Waals surface area contributed by atoms with Crippen molar-refractivity contribution in [3.63, 3.8) is 0 Å². The lowest BCUT2D eigenvalue weighted by molar-refractivity contribution is 0.308. The molecular formula is C17H26FNO. The number of hydrogen-bond donors (Lipinski definition) is 1. The molecule has 0 heterocycles. The summed E-state index contributed by atoms with van der Waals surface area (Å²) in [5, 5.41) is 0. The SMILES string of the molecule is COc1ccc(F)cc1C(C)(CCN)CC1CCCC1.